The molecule has 0 saturated carbocycles. The molecule has 0 saturated heterocycles. The van der Waals surface area contributed by atoms with E-state index in [4.69, 9.17) is 10.2 Å². The Bertz CT molecular complexity index is 417. The third-order valence-corrected chi connectivity index (χ3v) is 2.51. The fourth-order valence-electron chi connectivity index (χ4n) is 1.45. The van der Waals surface area contributed by atoms with E-state index in [1.807, 2.05) is 24.7 Å². The Morgan fingerprint density at radius 1 is 1.57 bits per heavy atom. The van der Waals surface area contributed by atoms with Crippen LogP contribution in [0.5, 0.6) is 0 Å². The van der Waals surface area contributed by atoms with Crippen molar-refractivity contribution in [3.05, 3.63) is 41.6 Å². The molecule has 0 amide bonds. The lowest BCUT2D eigenvalue weighted by Crippen LogP contribution is -2.11. The number of nitrogens with two attached hydrogens (primary N) is 1. The van der Waals surface area contributed by atoms with Crippen LogP contribution in [0.2, 0.25) is 0 Å². The van der Waals surface area contributed by atoms with Crippen LogP contribution in [0.15, 0.2) is 29.2 Å². The van der Waals surface area contributed by atoms with E-state index < -0.39 is 0 Å². The Morgan fingerprint density at radius 2 is 2.36 bits per heavy atom. The molecule has 0 spiro atoms. The normalized spacial score (nSPS) is 13.1. The van der Waals surface area contributed by atoms with Crippen LogP contribution in [0, 0.1) is 6.92 Å². The van der Waals surface area contributed by atoms with Gasteiger partial charge in [0.1, 0.15) is 0 Å². The monoisotopic (exact) mass is 191 g/mol. The van der Waals surface area contributed by atoms with Gasteiger partial charge in [-0.15, -0.1) is 0 Å². The van der Waals surface area contributed by atoms with Gasteiger partial charge in [-0.25, -0.2) is 0 Å². The summed E-state index contributed by atoms with van der Waals surface area (Å²) in [7, 11) is 1.90. The predicted octanol–water partition coefficient (Wildman–Crippen LogP) is 1.37. The summed E-state index contributed by atoms with van der Waals surface area (Å²) in [6, 6.07) is 1.72. The van der Waals surface area contributed by atoms with Crippen LogP contribution in [0.3, 0.4) is 0 Å². The van der Waals surface area contributed by atoms with Crippen molar-refractivity contribution in [2.75, 3.05) is 0 Å². The maximum Gasteiger partial charge on any atom is 0.0953 e. The number of hydrogen-bond acceptors (Lipinski definition) is 3. The van der Waals surface area contributed by atoms with Crippen molar-refractivity contribution >= 4 is 0 Å². The zero-order valence-electron chi connectivity index (χ0n) is 8.27. The Balaban J connectivity index is 2.36. The van der Waals surface area contributed by atoms with Gasteiger partial charge in [0.25, 0.3) is 0 Å². The molecule has 2 rings (SSSR count). The minimum absolute atomic E-state index is 0.151. The Labute approximate surface area is 82.3 Å². The quantitative estimate of drug-likeness (QED) is 0.780. The van der Waals surface area contributed by atoms with Crippen molar-refractivity contribution in [1.29, 1.82) is 0 Å². The lowest BCUT2D eigenvalue weighted by molar-refractivity contribution is 0.562. The van der Waals surface area contributed by atoms with Crippen LogP contribution in [0.1, 0.15) is 22.9 Å². The van der Waals surface area contributed by atoms with Gasteiger partial charge in [-0.3, -0.25) is 4.68 Å². The third-order valence-electron chi connectivity index (χ3n) is 2.51. The van der Waals surface area contributed by atoms with Crippen molar-refractivity contribution in [2.45, 2.75) is 13.0 Å². The molecule has 74 valence electrons. The SMILES string of the molecule is Cc1c(C(N)c2ccoc2)cnn1C. The summed E-state index contributed by atoms with van der Waals surface area (Å²) in [5, 5.41) is 4.15. The molecule has 2 heterocycles. The van der Waals surface area contributed by atoms with Crippen molar-refractivity contribution < 1.29 is 4.42 Å². The summed E-state index contributed by atoms with van der Waals surface area (Å²) in [5.41, 5.74) is 9.15. The summed E-state index contributed by atoms with van der Waals surface area (Å²) >= 11 is 0. The van der Waals surface area contributed by atoms with Crippen LogP contribution in [0.25, 0.3) is 0 Å². The topological polar surface area (TPSA) is 57.0 Å². The second kappa shape index (κ2) is 3.31. The summed E-state index contributed by atoms with van der Waals surface area (Å²) in [4.78, 5) is 0. The van der Waals surface area contributed by atoms with Crippen molar-refractivity contribution in [2.24, 2.45) is 12.8 Å². The molecule has 1 atom stereocenters. The standard InChI is InChI=1S/C10H13N3O/c1-7-9(5-12-13(7)2)10(11)8-3-4-14-6-8/h3-6,10H,11H2,1-2H3. The van der Waals surface area contributed by atoms with Gasteiger partial charge in [0.05, 0.1) is 24.8 Å². The number of aryl methyl sites for hydroxylation is 1. The lowest BCUT2D eigenvalue weighted by Gasteiger charge is -2.08. The molecule has 4 nitrogen and oxygen atoms in total. The molecular formula is C10H13N3O. The van der Waals surface area contributed by atoms with E-state index in [0.29, 0.717) is 0 Å². The first-order chi connectivity index (χ1) is 6.70. The fraction of sp³-hybridized carbons (Fsp3) is 0.300. The largest absolute Gasteiger partial charge is 0.472 e. The number of hydrogen-bond donors (Lipinski definition) is 1. The average Bonchev–Trinajstić information content (AvgIpc) is 2.77. The number of aromatic nitrogens is 2. The van der Waals surface area contributed by atoms with Crippen LogP contribution in [-0.4, -0.2) is 9.78 Å². The van der Waals surface area contributed by atoms with Gasteiger partial charge in [0, 0.05) is 23.9 Å². The minimum atomic E-state index is -0.151. The first-order valence-corrected chi connectivity index (χ1v) is 4.46. The van der Waals surface area contributed by atoms with Crippen LogP contribution < -0.4 is 5.73 Å². The van der Waals surface area contributed by atoms with Crippen molar-refractivity contribution in [3.8, 4) is 0 Å². The Hall–Kier alpha value is -1.55. The zero-order valence-corrected chi connectivity index (χ0v) is 8.27. The average molecular weight is 191 g/mol. The van der Waals surface area contributed by atoms with E-state index in [9.17, 15) is 0 Å². The maximum absolute atomic E-state index is 6.06. The first-order valence-electron chi connectivity index (χ1n) is 4.46. The van der Waals surface area contributed by atoms with Crippen LogP contribution in [0.4, 0.5) is 0 Å². The van der Waals surface area contributed by atoms with Gasteiger partial charge in [-0.2, -0.15) is 5.10 Å². The zero-order chi connectivity index (χ0) is 10.1. The molecule has 0 aliphatic carbocycles. The molecule has 0 fully saturated rings. The van der Waals surface area contributed by atoms with Gasteiger partial charge in [0.2, 0.25) is 0 Å². The Kier molecular flexibility index (Phi) is 2.13. The van der Waals surface area contributed by atoms with E-state index in [2.05, 4.69) is 5.10 Å². The highest BCUT2D eigenvalue weighted by Gasteiger charge is 2.14. The molecule has 2 N–H and O–H groups in total. The van der Waals surface area contributed by atoms with Gasteiger partial charge < -0.3 is 10.2 Å². The van der Waals surface area contributed by atoms with E-state index in [0.717, 1.165) is 16.8 Å². The summed E-state index contributed by atoms with van der Waals surface area (Å²) in [5.74, 6) is 0. The van der Waals surface area contributed by atoms with Crippen LogP contribution >= 0.6 is 0 Å². The fourth-order valence-corrected chi connectivity index (χ4v) is 1.45. The van der Waals surface area contributed by atoms with E-state index in [1.165, 1.54) is 0 Å². The molecule has 14 heavy (non-hydrogen) atoms. The lowest BCUT2D eigenvalue weighted by atomic mass is 10.0. The highest BCUT2D eigenvalue weighted by Crippen LogP contribution is 2.21. The molecule has 1 unspecified atom stereocenters. The second-order valence-corrected chi connectivity index (χ2v) is 3.34. The molecule has 0 radical (unpaired) electrons. The van der Waals surface area contributed by atoms with E-state index in [1.54, 1.807) is 18.7 Å². The molecular weight excluding hydrogens is 178 g/mol. The smallest absolute Gasteiger partial charge is 0.0953 e. The van der Waals surface area contributed by atoms with Crippen LogP contribution in [-0.2, 0) is 7.05 Å². The van der Waals surface area contributed by atoms with E-state index >= 15 is 0 Å². The number of rotatable bonds is 2. The molecule has 0 bridgehead atoms. The second-order valence-electron chi connectivity index (χ2n) is 3.34. The molecule has 0 aromatic carbocycles. The van der Waals surface area contributed by atoms with E-state index in [-0.39, 0.29) is 6.04 Å². The van der Waals surface area contributed by atoms with Crippen molar-refractivity contribution in [1.82, 2.24) is 9.78 Å². The first kappa shape index (κ1) is 9.02. The van der Waals surface area contributed by atoms with Gasteiger partial charge in [-0.1, -0.05) is 0 Å². The molecule has 0 aliphatic heterocycles. The van der Waals surface area contributed by atoms with Gasteiger partial charge >= 0.3 is 0 Å². The highest BCUT2D eigenvalue weighted by molar-refractivity contribution is 5.29. The molecule has 2 aromatic rings. The number of nitrogens with zero attached hydrogens (tertiary/aromatic N) is 2. The van der Waals surface area contributed by atoms with Crippen molar-refractivity contribution in [3.63, 3.8) is 0 Å². The summed E-state index contributed by atoms with van der Waals surface area (Å²) < 4.78 is 6.81. The molecule has 0 aliphatic rings. The number of furan rings is 1. The molecule has 4 heteroatoms. The molecule has 2 aromatic heterocycles. The highest BCUT2D eigenvalue weighted by atomic mass is 16.3. The van der Waals surface area contributed by atoms with Gasteiger partial charge in [-0.05, 0) is 13.0 Å². The maximum atomic E-state index is 6.06. The predicted molar refractivity (Wildman–Crippen MR) is 52.7 cm³/mol. The minimum Gasteiger partial charge on any atom is -0.472 e. The third kappa shape index (κ3) is 1.33. The van der Waals surface area contributed by atoms with Gasteiger partial charge in [0.15, 0.2) is 0 Å². The Morgan fingerprint density at radius 3 is 2.86 bits per heavy atom. The summed E-state index contributed by atoms with van der Waals surface area (Å²) in [6.45, 7) is 2.00. The summed E-state index contributed by atoms with van der Waals surface area (Å²) in [6.07, 6.45) is 5.09.